The van der Waals surface area contributed by atoms with Gasteiger partial charge in [-0.25, -0.2) is 10.5 Å². The molecule has 0 bridgehead atoms. The Morgan fingerprint density at radius 3 is 2.63 bits per heavy atom. The topological polar surface area (TPSA) is 111 Å². The van der Waals surface area contributed by atoms with E-state index >= 15 is 0 Å². The number of hydrogen-bond donors (Lipinski definition) is 3. The minimum Gasteiger partial charge on any atom is -0.496 e. The molecule has 2 amide bonds. The van der Waals surface area contributed by atoms with E-state index in [1.807, 2.05) is 68.8 Å². The molecule has 0 fully saturated rings. The van der Waals surface area contributed by atoms with Crippen LogP contribution in [0, 0.1) is 5.41 Å². The van der Waals surface area contributed by atoms with Crippen LogP contribution in [-0.2, 0) is 17.8 Å². The van der Waals surface area contributed by atoms with Gasteiger partial charge in [0.25, 0.3) is 5.91 Å². The standard InChI is InChI=1S/C25H33N7O3/c1-15(2)32-22(28-29-30-32)19-8-7-9-21(26-19)27-23(33)18-12-17-14-31(24(34)25(3,4)5)11-10-16(17)13-20(18)35-6/h7-9,12-13,15,29-30H,10-11,14H2,1-6H3,(H,26,27,33). The molecule has 10 nitrogen and oxygen atoms in total. The van der Waals surface area contributed by atoms with Crippen LogP contribution in [0.2, 0.25) is 0 Å². The molecule has 0 aliphatic carbocycles. The van der Waals surface area contributed by atoms with E-state index in [0.29, 0.717) is 41.7 Å². The highest BCUT2D eigenvalue weighted by Gasteiger charge is 2.31. The Labute approximate surface area is 205 Å². The Hall–Kier alpha value is -3.66. The van der Waals surface area contributed by atoms with Crippen LogP contribution < -0.4 is 21.1 Å². The van der Waals surface area contributed by atoms with Gasteiger partial charge in [0.05, 0.1) is 12.7 Å². The van der Waals surface area contributed by atoms with E-state index in [1.165, 1.54) is 0 Å². The maximum absolute atomic E-state index is 13.3. The van der Waals surface area contributed by atoms with Crippen molar-refractivity contribution in [2.24, 2.45) is 10.5 Å². The minimum absolute atomic E-state index is 0.0974. The van der Waals surface area contributed by atoms with Gasteiger partial charge in [-0.3, -0.25) is 14.6 Å². The number of anilines is 1. The van der Waals surface area contributed by atoms with Crippen molar-refractivity contribution < 1.29 is 14.3 Å². The fourth-order valence-electron chi connectivity index (χ4n) is 4.19. The van der Waals surface area contributed by atoms with Crippen molar-refractivity contribution in [3.8, 4) is 5.75 Å². The molecule has 2 aliphatic rings. The number of hydrazone groups is 1. The average molecular weight is 480 g/mol. The lowest BCUT2D eigenvalue weighted by Crippen LogP contribution is -2.45. The summed E-state index contributed by atoms with van der Waals surface area (Å²) >= 11 is 0. The van der Waals surface area contributed by atoms with E-state index in [9.17, 15) is 9.59 Å². The van der Waals surface area contributed by atoms with Crippen molar-refractivity contribution >= 4 is 23.5 Å². The number of nitrogens with one attached hydrogen (secondary N) is 3. The zero-order valence-corrected chi connectivity index (χ0v) is 21.1. The number of hydrogen-bond acceptors (Lipinski definition) is 8. The number of benzene rings is 1. The SMILES string of the molecule is COc1cc2c(cc1C(=O)Nc1cccc(C3=NNNN3C(C)C)n1)CN(C(=O)C(C)(C)C)CC2. The third-order valence-corrected chi connectivity index (χ3v) is 6.00. The molecule has 3 heterocycles. The van der Waals surface area contributed by atoms with Crippen molar-refractivity contribution in [2.45, 2.75) is 53.6 Å². The summed E-state index contributed by atoms with van der Waals surface area (Å²) in [5.41, 5.74) is 8.30. The number of carbonyl (C=O) groups is 2. The Bertz CT molecular complexity index is 1170. The van der Waals surface area contributed by atoms with Gasteiger partial charge in [-0.1, -0.05) is 26.8 Å². The lowest BCUT2D eigenvalue weighted by molar-refractivity contribution is -0.140. The fourth-order valence-corrected chi connectivity index (χ4v) is 4.19. The van der Waals surface area contributed by atoms with Gasteiger partial charge in [0.1, 0.15) is 17.3 Å². The van der Waals surface area contributed by atoms with Gasteiger partial charge in [0.2, 0.25) is 5.91 Å². The molecule has 0 unspecified atom stereocenters. The molecule has 4 rings (SSSR count). The first-order valence-electron chi connectivity index (χ1n) is 11.7. The van der Waals surface area contributed by atoms with Gasteiger partial charge in [0.15, 0.2) is 5.84 Å². The molecule has 0 atom stereocenters. The van der Waals surface area contributed by atoms with E-state index < -0.39 is 5.41 Å². The molecule has 0 saturated heterocycles. The number of hydrazine groups is 2. The highest BCUT2D eigenvalue weighted by atomic mass is 16.5. The zero-order valence-electron chi connectivity index (χ0n) is 21.1. The number of aromatic nitrogens is 1. The molecule has 0 spiro atoms. The number of carbonyl (C=O) groups excluding carboxylic acids is 2. The summed E-state index contributed by atoms with van der Waals surface area (Å²) in [4.78, 5) is 32.5. The Balaban J connectivity index is 1.57. The van der Waals surface area contributed by atoms with Crippen LogP contribution in [0.3, 0.4) is 0 Å². The minimum atomic E-state index is -0.458. The van der Waals surface area contributed by atoms with Crippen molar-refractivity contribution in [3.63, 3.8) is 0 Å². The first-order valence-corrected chi connectivity index (χ1v) is 11.7. The van der Waals surface area contributed by atoms with E-state index in [4.69, 9.17) is 4.74 Å². The van der Waals surface area contributed by atoms with Crippen LogP contribution in [0.1, 0.15) is 61.8 Å². The van der Waals surface area contributed by atoms with E-state index in [1.54, 1.807) is 13.2 Å². The predicted octanol–water partition coefficient (Wildman–Crippen LogP) is 2.67. The molecule has 2 aliphatic heterocycles. The van der Waals surface area contributed by atoms with Crippen LogP contribution in [0.15, 0.2) is 35.4 Å². The molecule has 10 heteroatoms. The molecule has 2 aromatic rings. The first-order chi connectivity index (χ1) is 16.6. The van der Waals surface area contributed by atoms with Crippen LogP contribution in [0.5, 0.6) is 5.75 Å². The summed E-state index contributed by atoms with van der Waals surface area (Å²) in [5.74, 6) is 1.29. The Kier molecular flexibility index (Phi) is 6.66. The van der Waals surface area contributed by atoms with Crippen LogP contribution in [0.25, 0.3) is 0 Å². The maximum Gasteiger partial charge on any atom is 0.260 e. The third kappa shape index (κ3) is 5.07. The molecule has 1 aromatic heterocycles. The van der Waals surface area contributed by atoms with Crippen molar-refractivity contribution in [1.29, 1.82) is 0 Å². The summed E-state index contributed by atoms with van der Waals surface area (Å²) in [7, 11) is 1.55. The van der Waals surface area contributed by atoms with Crippen LogP contribution in [0.4, 0.5) is 5.82 Å². The number of nitrogens with zero attached hydrogens (tertiary/aromatic N) is 4. The number of rotatable bonds is 5. The van der Waals surface area contributed by atoms with E-state index in [-0.39, 0.29) is 17.9 Å². The second-order valence-corrected chi connectivity index (χ2v) is 10.0. The molecule has 1 aromatic carbocycles. The summed E-state index contributed by atoms with van der Waals surface area (Å²) in [5, 5.41) is 8.99. The smallest absolute Gasteiger partial charge is 0.260 e. The van der Waals surface area contributed by atoms with Gasteiger partial charge in [-0.05, 0) is 55.7 Å². The van der Waals surface area contributed by atoms with Gasteiger partial charge in [-0.2, -0.15) is 0 Å². The number of amidine groups is 1. The zero-order chi connectivity index (χ0) is 25.3. The monoisotopic (exact) mass is 479 g/mol. The Morgan fingerprint density at radius 1 is 1.17 bits per heavy atom. The van der Waals surface area contributed by atoms with Crippen molar-refractivity contribution in [3.05, 3.63) is 52.7 Å². The molecular formula is C25H33N7O3. The van der Waals surface area contributed by atoms with E-state index in [0.717, 1.165) is 17.5 Å². The molecular weight excluding hydrogens is 446 g/mol. The predicted molar refractivity (Wildman–Crippen MR) is 134 cm³/mol. The second-order valence-electron chi connectivity index (χ2n) is 10.0. The third-order valence-electron chi connectivity index (χ3n) is 6.00. The summed E-state index contributed by atoms with van der Waals surface area (Å²) in [6, 6.07) is 9.25. The average Bonchev–Trinajstić information content (AvgIpc) is 3.32. The number of methoxy groups -OCH3 is 1. The lowest BCUT2D eigenvalue weighted by atomic mass is 9.91. The summed E-state index contributed by atoms with van der Waals surface area (Å²) in [6.07, 6.45) is 0.718. The van der Waals surface area contributed by atoms with Gasteiger partial charge in [-0.15, -0.1) is 10.6 Å². The van der Waals surface area contributed by atoms with Crippen molar-refractivity contribution in [1.82, 2.24) is 26.0 Å². The van der Waals surface area contributed by atoms with Gasteiger partial charge >= 0.3 is 0 Å². The quantitative estimate of drug-likeness (QED) is 0.605. The normalized spacial score (nSPS) is 15.5. The second kappa shape index (κ2) is 9.53. The Morgan fingerprint density at radius 2 is 1.94 bits per heavy atom. The lowest BCUT2D eigenvalue weighted by Gasteiger charge is -2.34. The fraction of sp³-hybridized carbons (Fsp3) is 0.440. The van der Waals surface area contributed by atoms with Gasteiger partial charge < -0.3 is 15.0 Å². The number of pyridine rings is 1. The number of amides is 2. The number of ether oxygens (including phenoxy) is 1. The molecule has 3 N–H and O–H groups in total. The highest BCUT2D eigenvalue weighted by Crippen LogP contribution is 2.30. The molecule has 186 valence electrons. The molecule has 35 heavy (non-hydrogen) atoms. The molecule has 0 saturated carbocycles. The highest BCUT2D eigenvalue weighted by molar-refractivity contribution is 6.06. The largest absolute Gasteiger partial charge is 0.496 e. The van der Waals surface area contributed by atoms with E-state index in [2.05, 4.69) is 26.5 Å². The first kappa shape index (κ1) is 24.5. The van der Waals surface area contributed by atoms with Crippen molar-refractivity contribution in [2.75, 3.05) is 19.0 Å². The maximum atomic E-state index is 13.3. The van der Waals surface area contributed by atoms with Crippen LogP contribution in [-0.4, -0.2) is 52.2 Å². The van der Waals surface area contributed by atoms with Crippen LogP contribution >= 0.6 is 0 Å². The summed E-state index contributed by atoms with van der Waals surface area (Å²) < 4.78 is 5.54. The number of fused-ring (bicyclic) bond motifs is 1. The van der Waals surface area contributed by atoms with Gasteiger partial charge in [0, 0.05) is 24.5 Å². The summed E-state index contributed by atoms with van der Waals surface area (Å²) in [6.45, 7) is 10.9. The molecule has 0 radical (unpaired) electrons.